The summed E-state index contributed by atoms with van der Waals surface area (Å²) in [6, 6.07) is 0. The summed E-state index contributed by atoms with van der Waals surface area (Å²) < 4.78 is 0. The molecule has 2 rings (SSSR count). The fourth-order valence-corrected chi connectivity index (χ4v) is 3.37. The number of primary amides is 1. The molecule has 104 valence electrons. The van der Waals surface area contributed by atoms with Crippen molar-refractivity contribution < 1.29 is 9.59 Å². The topological polar surface area (TPSA) is 76.3 Å². The van der Waals surface area contributed by atoms with Gasteiger partial charge in [-0.2, -0.15) is 0 Å². The molecule has 0 saturated carbocycles. The van der Waals surface area contributed by atoms with Crippen molar-refractivity contribution in [3.8, 4) is 0 Å². The van der Waals surface area contributed by atoms with E-state index in [1.54, 1.807) is 4.90 Å². The number of carbonyl (C=O) groups excluding carboxylic acids is 2. The normalized spacial score (nSPS) is 23.4. The molecule has 0 bridgehead atoms. The Hall–Kier alpha value is -1.43. The van der Waals surface area contributed by atoms with Crippen molar-refractivity contribution >= 4 is 23.2 Å². The predicted molar refractivity (Wildman–Crippen MR) is 74.0 cm³/mol. The lowest BCUT2D eigenvalue weighted by atomic mass is 9.81. The Balaban J connectivity index is 2.20. The molecule has 1 aliphatic heterocycles. The van der Waals surface area contributed by atoms with E-state index in [4.69, 9.17) is 5.73 Å². The monoisotopic (exact) mass is 281 g/mol. The molecule has 1 saturated heterocycles. The number of carbonyl (C=O) groups is 2. The van der Waals surface area contributed by atoms with E-state index in [0.29, 0.717) is 18.0 Å². The minimum atomic E-state index is -0.610. The predicted octanol–water partition coefficient (Wildman–Crippen LogP) is 1.49. The van der Waals surface area contributed by atoms with Crippen LogP contribution in [0.2, 0.25) is 0 Å². The van der Waals surface area contributed by atoms with Crippen LogP contribution in [-0.2, 0) is 4.79 Å². The van der Waals surface area contributed by atoms with Crippen LogP contribution in [0.4, 0.5) is 0 Å². The zero-order valence-electron chi connectivity index (χ0n) is 11.5. The van der Waals surface area contributed by atoms with Crippen LogP contribution in [0.1, 0.15) is 40.1 Å². The van der Waals surface area contributed by atoms with E-state index < -0.39 is 5.41 Å². The lowest BCUT2D eigenvalue weighted by Gasteiger charge is -2.38. The summed E-state index contributed by atoms with van der Waals surface area (Å²) in [5.74, 6) is -0.363. The lowest BCUT2D eigenvalue weighted by molar-refractivity contribution is -0.129. The minimum absolute atomic E-state index is 0.0322. The van der Waals surface area contributed by atoms with Gasteiger partial charge in [-0.15, -0.1) is 11.3 Å². The summed E-state index contributed by atoms with van der Waals surface area (Å²) in [6.45, 7) is 6.64. The molecule has 2 amide bonds. The molecule has 1 unspecified atom stereocenters. The SMILES string of the molecule is Cc1nc(C)c(C(=O)N2CCCC(C)(C(N)=O)C2)s1. The number of aryl methyl sites for hydroxylation is 2. The summed E-state index contributed by atoms with van der Waals surface area (Å²) >= 11 is 1.41. The molecule has 19 heavy (non-hydrogen) atoms. The molecule has 2 heterocycles. The molecule has 0 aromatic carbocycles. The third-order valence-corrected chi connectivity index (χ3v) is 4.74. The van der Waals surface area contributed by atoms with Crippen molar-refractivity contribution in [1.82, 2.24) is 9.88 Å². The molecule has 6 heteroatoms. The van der Waals surface area contributed by atoms with E-state index in [2.05, 4.69) is 4.98 Å². The highest BCUT2D eigenvalue weighted by atomic mass is 32.1. The number of hydrogen-bond donors (Lipinski definition) is 1. The zero-order valence-corrected chi connectivity index (χ0v) is 12.3. The summed E-state index contributed by atoms with van der Waals surface area (Å²) in [5.41, 5.74) is 5.60. The standard InChI is InChI=1S/C13H19N3O2S/c1-8-10(19-9(2)15-8)11(17)16-6-4-5-13(3,7-16)12(14)18/h4-7H2,1-3H3,(H2,14,18). The summed E-state index contributed by atoms with van der Waals surface area (Å²) in [4.78, 5) is 30.7. The van der Waals surface area contributed by atoms with Crippen LogP contribution >= 0.6 is 11.3 Å². The Morgan fingerprint density at radius 2 is 2.11 bits per heavy atom. The first kappa shape index (κ1) is 14.0. The molecule has 0 aliphatic carbocycles. The maximum absolute atomic E-state index is 12.5. The quantitative estimate of drug-likeness (QED) is 0.892. The van der Waals surface area contributed by atoms with Crippen molar-refractivity contribution in [2.24, 2.45) is 11.1 Å². The summed E-state index contributed by atoms with van der Waals surface area (Å²) in [7, 11) is 0. The Kier molecular flexibility index (Phi) is 3.62. The van der Waals surface area contributed by atoms with Gasteiger partial charge in [0, 0.05) is 13.1 Å². The van der Waals surface area contributed by atoms with Gasteiger partial charge >= 0.3 is 0 Å². The molecule has 1 atom stereocenters. The Bertz CT molecular complexity index is 526. The Morgan fingerprint density at radius 1 is 1.42 bits per heavy atom. The Labute approximate surface area is 116 Å². The van der Waals surface area contributed by atoms with Crippen molar-refractivity contribution in [2.75, 3.05) is 13.1 Å². The van der Waals surface area contributed by atoms with Gasteiger partial charge in [-0.05, 0) is 33.6 Å². The third kappa shape index (κ3) is 2.63. The molecule has 1 aromatic rings. The summed E-state index contributed by atoms with van der Waals surface area (Å²) in [5, 5.41) is 0.885. The van der Waals surface area contributed by atoms with Crippen LogP contribution in [0.15, 0.2) is 0 Å². The number of nitrogens with two attached hydrogens (primary N) is 1. The van der Waals surface area contributed by atoms with Crippen molar-refractivity contribution in [1.29, 1.82) is 0 Å². The second kappa shape index (κ2) is 4.92. The molecule has 1 aromatic heterocycles. The van der Waals surface area contributed by atoms with E-state index in [-0.39, 0.29) is 11.8 Å². The van der Waals surface area contributed by atoms with Gasteiger partial charge in [0.1, 0.15) is 4.88 Å². The number of amides is 2. The maximum atomic E-state index is 12.5. The van der Waals surface area contributed by atoms with Crippen molar-refractivity contribution in [2.45, 2.75) is 33.6 Å². The Morgan fingerprint density at radius 3 is 2.63 bits per heavy atom. The van der Waals surface area contributed by atoms with E-state index in [1.807, 2.05) is 20.8 Å². The average molecular weight is 281 g/mol. The minimum Gasteiger partial charge on any atom is -0.369 e. The van der Waals surface area contributed by atoms with Gasteiger partial charge in [0.2, 0.25) is 5.91 Å². The van der Waals surface area contributed by atoms with Crippen LogP contribution in [0.25, 0.3) is 0 Å². The molecule has 0 spiro atoms. The second-order valence-electron chi connectivity index (χ2n) is 5.40. The van der Waals surface area contributed by atoms with Gasteiger partial charge in [0.05, 0.1) is 16.1 Å². The largest absolute Gasteiger partial charge is 0.369 e. The van der Waals surface area contributed by atoms with Crippen LogP contribution in [0.5, 0.6) is 0 Å². The third-order valence-electron chi connectivity index (χ3n) is 3.68. The number of rotatable bonds is 2. The first-order valence-corrected chi connectivity index (χ1v) is 7.18. The van der Waals surface area contributed by atoms with Gasteiger partial charge in [-0.1, -0.05) is 0 Å². The fraction of sp³-hybridized carbons (Fsp3) is 0.615. The lowest BCUT2D eigenvalue weighted by Crippen LogP contribution is -2.50. The first-order valence-electron chi connectivity index (χ1n) is 6.37. The second-order valence-corrected chi connectivity index (χ2v) is 6.61. The maximum Gasteiger partial charge on any atom is 0.265 e. The number of hydrogen-bond acceptors (Lipinski definition) is 4. The number of aromatic nitrogens is 1. The van der Waals surface area contributed by atoms with Crippen LogP contribution in [0.3, 0.4) is 0 Å². The van der Waals surface area contributed by atoms with E-state index >= 15 is 0 Å². The highest BCUT2D eigenvalue weighted by molar-refractivity contribution is 7.13. The van der Waals surface area contributed by atoms with Gasteiger partial charge in [0.25, 0.3) is 5.91 Å². The molecular formula is C13H19N3O2S. The van der Waals surface area contributed by atoms with E-state index in [0.717, 1.165) is 23.5 Å². The van der Waals surface area contributed by atoms with Crippen molar-refractivity contribution in [3.05, 3.63) is 15.6 Å². The molecule has 1 fully saturated rings. The van der Waals surface area contributed by atoms with Crippen LogP contribution < -0.4 is 5.73 Å². The van der Waals surface area contributed by atoms with E-state index in [1.165, 1.54) is 11.3 Å². The van der Waals surface area contributed by atoms with Crippen LogP contribution in [0, 0.1) is 19.3 Å². The van der Waals surface area contributed by atoms with Gasteiger partial charge < -0.3 is 10.6 Å². The highest BCUT2D eigenvalue weighted by Crippen LogP contribution is 2.31. The summed E-state index contributed by atoms with van der Waals surface area (Å²) in [6.07, 6.45) is 1.55. The van der Waals surface area contributed by atoms with Gasteiger partial charge in [0.15, 0.2) is 0 Å². The van der Waals surface area contributed by atoms with Crippen LogP contribution in [-0.4, -0.2) is 34.8 Å². The smallest absolute Gasteiger partial charge is 0.265 e. The molecule has 0 radical (unpaired) electrons. The van der Waals surface area contributed by atoms with Gasteiger partial charge in [-0.3, -0.25) is 9.59 Å². The number of nitrogens with zero attached hydrogens (tertiary/aromatic N) is 2. The number of thiazole rings is 1. The van der Waals surface area contributed by atoms with E-state index in [9.17, 15) is 9.59 Å². The average Bonchev–Trinajstić information content (AvgIpc) is 2.67. The number of likely N-dealkylation sites (tertiary alicyclic amines) is 1. The highest BCUT2D eigenvalue weighted by Gasteiger charge is 2.38. The molecule has 1 aliphatic rings. The molecular weight excluding hydrogens is 262 g/mol. The first-order chi connectivity index (χ1) is 8.83. The molecule has 5 nitrogen and oxygen atoms in total. The van der Waals surface area contributed by atoms with Gasteiger partial charge in [-0.25, -0.2) is 4.98 Å². The fourth-order valence-electron chi connectivity index (χ4n) is 2.49. The number of piperidine rings is 1. The van der Waals surface area contributed by atoms with Crippen molar-refractivity contribution in [3.63, 3.8) is 0 Å². The zero-order chi connectivity index (χ0) is 14.2. The molecule has 2 N–H and O–H groups in total.